The topological polar surface area (TPSA) is 24.1 Å². The van der Waals surface area contributed by atoms with Gasteiger partial charge in [0.1, 0.15) is 5.82 Å². The van der Waals surface area contributed by atoms with Crippen LogP contribution in [0.4, 0.5) is 15.8 Å². The monoisotopic (exact) mass is 278 g/mol. The van der Waals surface area contributed by atoms with Crippen LogP contribution in [0.2, 0.25) is 5.02 Å². The van der Waals surface area contributed by atoms with E-state index >= 15 is 0 Å². The lowest BCUT2D eigenvalue weighted by Gasteiger charge is -2.11. The van der Waals surface area contributed by atoms with E-state index in [1.54, 1.807) is 12.1 Å². The zero-order valence-corrected chi connectivity index (χ0v) is 11.5. The molecular weight excluding hydrogens is 263 g/mol. The van der Waals surface area contributed by atoms with E-state index in [0.29, 0.717) is 0 Å². The lowest BCUT2D eigenvalue weighted by molar-refractivity contribution is 0.628. The summed E-state index contributed by atoms with van der Waals surface area (Å²) >= 11 is 6.05. The number of hydrogen-bond donors (Lipinski definition) is 2. The van der Waals surface area contributed by atoms with Gasteiger partial charge in [0, 0.05) is 29.5 Å². The summed E-state index contributed by atoms with van der Waals surface area (Å²) < 4.78 is 12.7. The minimum atomic E-state index is -0.224. The van der Waals surface area contributed by atoms with Gasteiger partial charge in [0.2, 0.25) is 0 Å². The molecule has 0 saturated heterocycles. The molecule has 0 fully saturated rings. The first kappa shape index (κ1) is 13.7. The van der Waals surface area contributed by atoms with E-state index in [1.165, 1.54) is 12.1 Å². The molecule has 19 heavy (non-hydrogen) atoms. The van der Waals surface area contributed by atoms with E-state index in [2.05, 4.69) is 10.6 Å². The number of anilines is 2. The van der Waals surface area contributed by atoms with Crippen LogP contribution in [0.3, 0.4) is 0 Å². The fourth-order valence-electron chi connectivity index (χ4n) is 1.77. The molecule has 0 radical (unpaired) electrons. The maximum absolute atomic E-state index is 12.7. The molecule has 0 aliphatic carbocycles. The van der Waals surface area contributed by atoms with Gasteiger partial charge in [-0.1, -0.05) is 17.7 Å². The zero-order valence-electron chi connectivity index (χ0n) is 10.7. The highest BCUT2D eigenvalue weighted by Gasteiger charge is 2.00. The summed E-state index contributed by atoms with van der Waals surface area (Å²) in [4.78, 5) is 0. The Balaban J connectivity index is 1.81. The van der Waals surface area contributed by atoms with Gasteiger partial charge in [-0.15, -0.1) is 0 Å². The van der Waals surface area contributed by atoms with E-state index in [1.807, 2.05) is 25.1 Å². The Hall–Kier alpha value is -1.74. The van der Waals surface area contributed by atoms with Crippen molar-refractivity contribution in [2.75, 3.05) is 23.7 Å². The van der Waals surface area contributed by atoms with Gasteiger partial charge < -0.3 is 10.6 Å². The van der Waals surface area contributed by atoms with Crippen molar-refractivity contribution in [1.82, 2.24) is 0 Å². The highest BCUT2D eigenvalue weighted by atomic mass is 35.5. The Morgan fingerprint density at radius 1 is 1.00 bits per heavy atom. The third-order valence-electron chi connectivity index (χ3n) is 2.88. The molecule has 0 spiro atoms. The summed E-state index contributed by atoms with van der Waals surface area (Å²) in [5.74, 6) is -0.224. The van der Waals surface area contributed by atoms with E-state index in [0.717, 1.165) is 35.1 Å². The molecule has 0 atom stereocenters. The van der Waals surface area contributed by atoms with Crippen molar-refractivity contribution < 1.29 is 4.39 Å². The average molecular weight is 279 g/mol. The predicted molar refractivity (Wildman–Crippen MR) is 79.6 cm³/mol. The minimum Gasteiger partial charge on any atom is -0.383 e. The van der Waals surface area contributed by atoms with Crippen molar-refractivity contribution in [3.63, 3.8) is 0 Å². The van der Waals surface area contributed by atoms with Crippen LogP contribution in [0.25, 0.3) is 0 Å². The van der Waals surface area contributed by atoms with Gasteiger partial charge in [-0.2, -0.15) is 0 Å². The van der Waals surface area contributed by atoms with Gasteiger partial charge in [0.25, 0.3) is 0 Å². The quantitative estimate of drug-likeness (QED) is 0.796. The molecule has 0 heterocycles. The first-order chi connectivity index (χ1) is 9.16. The first-order valence-electron chi connectivity index (χ1n) is 6.15. The Labute approximate surface area is 117 Å². The van der Waals surface area contributed by atoms with Crippen molar-refractivity contribution in [3.05, 3.63) is 58.9 Å². The maximum atomic E-state index is 12.7. The molecule has 4 heteroatoms. The summed E-state index contributed by atoms with van der Waals surface area (Å²) in [7, 11) is 0. The molecule has 0 unspecified atom stereocenters. The standard InChI is InChI=1S/C15H16ClFN2/c1-11-14(16)3-2-4-15(11)19-10-9-18-13-7-5-12(17)6-8-13/h2-8,18-19H,9-10H2,1H3. The first-order valence-corrected chi connectivity index (χ1v) is 6.53. The highest BCUT2D eigenvalue weighted by molar-refractivity contribution is 6.31. The molecule has 0 aliphatic heterocycles. The Kier molecular flexibility index (Phi) is 4.63. The van der Waals surface area contributed by atoms with Crippen molar-refractivity contribution in [1.29, 1.82) is 0 Å². The maximum Gasteiger partial charge on any atom is 0.123 e. The van der Waals surface area contributed by atoms with Gasteiger partial charge in [0.15, 0.2) is 0 Å². The summed E-state index contributed by atoms with van der Waals surface area (Å²) in [5.41, 5.74) is 2.99. The number of benzene rings is 2. The SMILES string of the molecule is Cc1c(Cl)cccc1NCCNc1ccc(F)cc1. The molecule has 2 N–H and O–H groups in total. The molecule has 2 rings (SSSR count). The minimum absolute atomic E-state index is 0.224. The smallest absolute Gasteiger partial charge is 0.123 e. The number of halogens is 2. The third kappa shape index (κ3) is 3.86. The second kappa shape index (κ2) is 6.43. The molecule has 2 aromatic rings. The molecule has 0 aromatic heterocycles. The third-order valence-corrected chi connectivity index (χ3v) is 3.29. The number of hydrogen-bond acceptors (Lipinski definition) is 2. The normalized spacial score (nSPS) is 10.3. The van der Waals surface area contributed by atoms with Crippen LogP contribution >= 0.6 is 11.6 Å². The second-order valence-electron chi connectivity index (χ2n) is 4.27. The zero-order chi connectivity index (χ0) is 13.7. The van der Waals surface area contributed by atoms with Crippen molar-refractivity contribution >= 4 is 23.0 Å². The molecule has 100 valence electrons. The van der Waals surface area contributed by atoms with Crippen LogP contribution < -0.4 is 10.6 Å². The van der Waals surface area contributed by atoms with Crippen LogP contribution in [0.15, 0.2) is 42.5 Å². The molecular formula is C15H16ClFN2. The summed E-state index contributed by atoms with van der Waals surface area (Å²) in [6.45, 7) is 3.49. The molecule has 0 aliphatic rings. The largest absolute Gasteiger partial charge is 0.383 e. The molecule has 0 amide bonds. The van der Waals surface area contributed by atoms with Crippen molar-refractivity contribution in [2.24, 2.45) is 0 Å². The Morgan fingerprint density at radius 3 is 2.42 bits per heavy atom. The van der Waals surface area contributed by atoms with Crippen LogP contribution in [0, 0.1) is 12.7 Å². The number of rotatable bonds is 5. The van der Waals surface area contributed by atoms with Gasteiger partial charge in [-0.25, -0.2) is 4.39 Å². The lowest BCUT2D eigenvalue weighted by atomic mass is 10.2. The van der Waals surface area contributed by atoms with Gasteiger partial charge in [-0.05, 0) is 48.9 Å². The number of nitrogens with one attached hydrogen (secondary N) is 2. The van der Waals surface area contributed by atoms with Crippen molar-refractivity contribution in [2.45, 2.75) is 6.92 Å². The fourth-order valence-corrected chi connectivity index (χ4v) is 1.95. The second-order valence-corrected chi connectivity index (χ2v) is 4.68. The van der Waals surface area contributed by atoms with E-state index in [4.69, 9.17) is 11.6 Å². The summed E-state index contributed by atoms with van der Waals surface area (Å²) in [6, 6.07) is 12.1. The molecule has 2 nitrogen and oxygen atoms in total. The van der Waals surface area contributed by atoms with Gasteiger partial charge in [0.05, 0.1) is 0 Å². The van der Waals surface area contributed by atoms with E-state index < -0.39 is 0 Å². The average Bonchev–Trinajstić information content (AvgIpc) is 2.41. The van der Waals surface area contributed by atoms with E-state index in [-0.39, 0.29) is 5.82 Å². The van der Waals surface area contributed by atoms with Crippen molar-refractivity contribution in [3.8, 4) is 0 Å². The lowest BCUT2D eigenvalue weighted by Crippen LogP contribution is -2.14. The van der Waals surface area contributed by atoms with Crippen LogP contribution in [-0.4, -0.2) is 13.1 Å². The molecule has 0 saturated carbocycles. The highest BCUT2D eigenvalue weighted by Crippen LogP contribution is 2.22. The fraction of sp³-hybridized carbons (Fsp3) is 0.200. The van der Waals surface area contributed by atoms with Gasteiger partial charge >= 0.3 is 0 Å². The van der Waals surface area contributed by atoms with E-state index in [9.17, 15) is 4.39 Å². The Bertz CT molecular complexity index is 540. The van der Waals surface area contributed by atoms with Crippen LogP contribution in [-0.2, 0) is 0 Å². The summed E-state index contributed by atoms with van der Waals surface area (Å²) in [6.07, 6.45) is 0. The van der Waals surface area contributed by atoms with Crippen LogP contribution in [0.1, 0.15) is 5.56 Å². The molecule has 2 aromatic carbocycles. The van der Waals surface area contributed by atoms with Gasteiger partial charge in [-0.3, -0.25) is 0 Å². The Morgan fingerprint density at radius 2 is 1.68 bits per heavy atom. The van der Waals surface area contributed by atoms with Crippen LogP contribution in [0.5, 0.6) is 0 Å². The molecule has 0 bridgehead atoms. The predicted octanol–water partition coefficient (Wildman–Crippen LogP) is 4.31. The summed E-state index contributed by atoms with van der Waals surface area (Å²) in [5, 5.41) is 7.29.